The molecule has 1 atom stereocenters. The Morgan fingerprint density at radius 2 is 1.54 bits per heavy atom. The van der Waals surface area contributed by atoms with Crippen LogP contribution in [0, 0.1) is 0 Å². The molecule has 1 fully saturated rings. The fraction of sp³-hybridized carbons (Fsp3) is 0.290. The molecule has 0 bridgehead atoms. The number of carboxylic acid groups (broad SMARTS) is 1. The number of carbonyl (C=O) groups is 2. The number of rotatable bonds is 8. The molecule has 2 heterocycles. The molecule has 1 aromatic heterocycles. The lowest BCUT2D eigenvalue weighted by molar-refractivity contribution is -0.145. The van der Waals surface area contributed by atoms with Gasteiger partial charge in [-0.2, -0.15) is 0 Å². The molecule has 0 unspecified atom stereocenters. The third kappa shape index (κ3) is 8.27. The Morgan fingerprint density at radius 1 is 0.927 bits per heavy atom. The molecule has 0 aliphatic carbocycles. The summed E-state index contributed by atoms with van der Waals surface area (Å²) in [4.78, 5) is 26.3. The zero-order chi connectivity index (χ0) is 28.6. The number of hydrogen-bond donors (Lipinski definition) is 4. The number of benzene rings is 3. The second-order valence-electron chi connectivity index (χ2n) is 9.65. The maximum absolute atomic E-state index is 13.6. The highest BCUT2D eigenvalue weighted by atomic mass is 32.1. The number of ketones is 1. The molecule has 4 aromatic rings. The van der Waals surface area contributed by atoms with Gasteiger partial charge in [0.05, 0.1) is 0 Å². The van der Waals surface area contributed by atoms with Crippen LogP contribution in [0.2, 0.25) is 0 Å². The first kappa shape index (κ1) is 31.6. The Labute approximate surface area is 242 Å². The minimum absolute atomic E-state index is 0. The summed E-state index contributed by atoms with van der Waals surface area (Å²) in [6.45, 7) is 5.04. The summed E-state index contributed by atoms with van der Waals surface area (Å²) >= 11 is 1.46. The largest absolute Gasteiger partial charge is 0.508 e. The number of carbonyl (C=O) groups excluding carboxylic acids is 1. The van der Waals surface area contributed by atoms with Crippen LogP contribution >= 0.6 is 11.3 Å². The predicted octanol–water partition coefficient (Wildman–Crippen LogP) is 4.70. The number of phenolic OH excluding ortho intramolecular Hbond substituents is 2. The van der Waals surface area contributed by atoms with Crippen molar-refractivity contribution >= 4 is 33.2 Å². The maximum Gasteiger partial charge on any atom is 0.332 e. The van der Waals surface area contributed by atoms with Crippen molar-refractivity contribution in [1.29, 1.82) is 0 Å². The van der Waals surface area contributed by atoms with E-state index in [0.717, 1.165) is 45.9 Å². The zero-order valence-corrected chi connectivity index (χ0v) is 23.6. The number of nitrogens with zero attached hydrogens (tertiary/aromatic N) is 1. The average Bonchev–Trinajstić information content (AvgIpc) is 3.33. The van der Waals surface area contributed by atoms with Gasteiger partial charge in [-0.15, -0.1) is 11.3 Å². The van der Waals surface area contributed by atoms with E-state index in [1.54, 1.807) is 42.5 Å². The van der Waals surface area contributed by atoms with Gasteiger partial charge < -0.3 is 30.6 Å². The number of aromatic hydroxyl groups is 2. The van der Waals surface area contributed by atoms with Crippen LogP contribution in [0.5, 0.6) is 17.2 Å². The van der Waals surface area contributed by atoms with Crippen molar-refractivity contribution in [1.82, 2.24) is 4.90 Å². The lowest BCUT2D eigenvalue weighted by atomic mass is 9.97. The highest BCUT2D eigenvalue weighted by molar-refractivity contribution is 7.22. The first-order valence-corrected chi connectivity index (χ1v) is 14.0. The van der Waals surface area contributed by atoms with Crippen LogP contribution in [-0.2, 0) is 4.79 Å². The van der Waals surface area contributed by atoms with Crippen LogP contribution < -0.4 is 4.74 Å². The molecule has 0 amide bonds. The summed E-state index contributed by atoms with van der Waals surface area (Å²) in [6.07, 6.45) is 2.62. The van der Waals surface area contributed by atoms with Gasteiger partial charge in [-0.3, -0.25) is 9.69 Å². The Morgan fingerprint density at radius 3 is 2.15 bits per heavy atom. The normalized spacial score (nSPS) is 13.9. The molecule has 0 saturated carbocycles. The van der Waals surface area contributed by atoms with Crippen molar-refractivity contribution < 1.29 is 40.2 Å². The van der Waals surface area contributed by atoms with Crippen LogP contribution in [0.15, 0.2) is 66.7 Å². The number of aliphatic carboxylic acids is 1. The van der Waals surface area contributed by atoms with Crippen LogP contribution in [0.3, 0.4) is 0 Å². The summed E-state index contributed by atoms with van der Waals surface area (Å²) < 4.78 is 6.76. The molecule has 6 N–H and O–H groups in total. The predicted molar refractivity (Wildman–Crippen MR) is 159 cm³/mol. The summed E-state index contributed by atoms with van der Waals surface area (Å²) in [5.41, 5.74) is 2.03. The van der Waals surface area contributed by atoms with E-state index in [4.69, 9.17) is 14.9 Å². The number of likely N-dealkylation sites (tertiary alicyclic amines) is 1. The van der Waals surface area contributed by atoms with Gasteiger partial charge in [0.2, 0.25) is 0 Å². The molecule has 1 aliphatic rings. The first-order valence-electron chi connectivity index (χ1n) is 13.2. The maximum atomic E-state index is 13.6. The van der Waals surface area contributed by atoms with E-state index in [1.165, 1.54) is 37.5 Å². The van der Waals surface area contributed by atoms with Gasteiger partial charge in [0, 0.05) is 32.6 Å². The summed E-state index contributed by atoms with van der Waals surface area (Å²) in [5.74, 6) is -0.176. The summed E-state index contributed by atoms with van der Waals surface area (Å²) in [6, 6.07) is 19.2. The van der Waals surface area contributed by atoms with Gasteiger partial charge in [-0.05, 0) is 105 Å². The summed E-state index contributed by atoms with van der Waals surface area (Å²) in [7, 11) is 0. The van der Waals surface area contributed by atoms with Gasteiger partial charge in [-0.25, -0.2) is 4.79 Å². The minimum Gasteiger partial charge on any atom is -0.508 e. The van der Waals surface area contributed by atoms with E-state index in [1.807, 2.05) is 24.3 Å². The third-order valence-electron chi connectivity index (χ3n) is 6.63. The molecule has 0 spiro atoms. The van der Waals surface area contributed by atoms with E-state index in [-0.39, 0.29) is 22.8 Å². The second-order valence-corrected chi connectivity index (χ2v) is 10.7. The van der Waals surface area contributed by atoms with Gasteiger partial charge in [0.25, 0.3) is 0 Å². The van der Waals surface area contributed by atoms with Gasteiger partial charge in [0.15, 0.2) is 5.78 Å². The highest BCUT2D eigenvalue weighted by Crippen LogP contribution is 2.41. The van der Waals surface area contributed by atoms with E-state index >= 15 is 0 Å². The van der Waals surface area contributed by atoms with E-state index in [9.17, 15) is 19.8 Å². The number of ether oxygens (including phenoxy) is 1. The number of carboxylic acids is 1. The lowest BCUT2D eigenvalue weighted by Crippen LogP contribution is -2.33. The minimum atomic E-state index is -1.23. The third-order valence-corrected chi connectivity index (χ3v) is 7.83. The fourth-order valence-corrected chi connectivity index (χ4v) is 5.69. The van der Waals surface area contributed by atoms with Crippen LogP contribution in [-0.4, -0.2) is 74.9 Å². The molecule has 218 valence electrons. The number of hydrogen-bond acceptors (Lipinski definition) is 8. The topological polar surface area (TPSA) is 159 Å². The quantitative estimate of drug-likeness (QED) is 0.218. The number of phenols is 2. The Hall–Kier alpha value is -3.96. The second kappa shape index (κ2) is 14.6. The number of piperidine rings is 1. The Kier molecular flexibility index (Phi) is 11.2. The molecule has 5 rings (SSSR count). The molecule has 1 saturated heterocycles. The van der Waals surface area contributed by atoms with Crippen molar-refractivity contribution in [2.24, 2.45) is 0 Å². The van der Waals surface area contributed by atoms with Crippen molar-refractivity contribution in [3.8, 4) is 27.7 Å². The number of aliphatic hydroxyl groups is 1. The number of fused-ring (bicyclic) bond motifs is 1. The molecule has 0 radical (unpaired) electrons. The van der Waals surface area contributed by atoms with Crippen molar-refractivity contribution in [2.75, 3.05) is 26.2 Å². The van der Waals surface area contributed by atoms with Gasteiger partial charge in [-0.1, -0.05) is 6.42 Å². The van der Waals surface area contributed by atoms with Crippen molar-refractivity contribution in [3.05, 3.63) is 77.9 Å². The van der Waals surface area contributed by atoms with Crippen molar-refractivity contribution in [2.45, 2.75) is 32.3 Å². The molecular formula is C31H35NO8S. The molecule has 3 aromatic carbocycles. The average molecular weight is 582 g/mol. The number of thiophene rings is 1. The molecule has 9 nitrogen and oxygen atoms in total. The Bertz CT molecular complexity index is 1440. The monoisotopic (exact) mass is 581 g/mol. The van der Waals surface area contributed by atoms with Gasteiger partial charge in [0.1, 0.15) is 30.0 Å². The smallest absolute Gasteiger partial charge is 0.332 e. The molecular weight excluding hydrogens is 546 g/mol. The standard InChI is InChI=1S/C28H27NO4S.C3H6O3.H2O/c30-21-8-4-20(5-9-21)28-26(24-13-10-22(31)18-25(24)34-28)27(32)19-6-11-23(12-7-19)33-17-16-29-14-2-1-3-15-29;1-2(4)3(5)6;/h4-13,18,30-31H,1-3,14-17H2;2,4H,1H3,(H,5,6);1H2/t;2-;/m.1./s1. The van der Waals surface area contributed by atoms with E-state index in [2.05, 4.69) is 4.90 Å². The zero-order valence-electron chi connectivity index (χ0n) is 22.7. The summed E-state index contributed by atoms with van der Waals surface area (Å²) in [5, 5.41) is 36.2. The van der Waals surface area contributed by atoms with Crippen molar-refractivity contribution in [3.63, 3.8) is 0 Å². The first-order chi connectivity index (χ1) is 19.2. The molecule has 10 heteroatoms. The van der Waals surface area contributed by atoms with Crippen LogP contribution in [0.4, 0.5) is 0 Å². The fourth-order valence-electron chi connectivity index (χ4n) is 4.45. The van der Waals surface area contributed by atoms with Gasteiger partial charge >= 0.3 is 5.97 Å². The molecule has 41 heavy (non-hydrogen) atoms. The molecule has 1 aliphatic heterocycles. The van der Waals surface area contributed by atoms with Crippen LogP contribution in [0.25, 0.3) is 20.5 Å². The lowest BCUT2D eigenvalue weighted by Gasteiger charge is -2.26. The highest BCUT2D eigenvalue weighted by Gasteiger charge is 2.22. The van der Waals surface area contributed by atoms with Crippen LogP contribution in [0.1, 0.15) is 42.1 Å². The number of aliphatic hydroxyl groups excluding tert-OH is 1. The Balaban J connectivity index is 0.000000599. The SMILES string of the molecule is C[C@@H](O)C(=O)O.O.O=C(c1ccc(OCCN2CCCCC2)cc1)c1c(-c2ccc(O)cc2)sc2cc(O)ccc12. The van der Waals surface area contributed by atoms with E-state index < -0.39 is 12.1 Å². The van der Waals surface area contributed by atoms with E-state index in [0.29, 0.717) is 17.7 Å².